The van der Waals surface area contributed by atoms with Crippen molar-refractivity contribution in [3.63, 3.8) is 0 Å². The van der Waals surface area contributed by atoms with E-state index in [9.17, 15) is 37.9 Å². The Hall–Kier alpha value is -5.97. The standard InChI is InChI=1S/C42H39F3N6O9S/c1-18-11-21-12-25-26(13-46)50-27-15-57-41(55)24(48-40(54)23-14-47-51(39(23)42(43,44)45)22-9-7-6-8-10-22)16-61-38(32(50)31(49(25)4)28(21)33(53)34(18)56-5)30-29(27)37-36(58-17-59-37)19(2)35(30)60-20(3)52/h6-11,14,24-27,31-32,38,53H,12,15-17H2,1-5H3,(H,48,54)/t24-,25-,26-,27-,31+,32+,38+/m0/s1. The summed E-state index contributed by atoms with van der Waals surface area (Å²) in [5, 5.41) is 28.6. The number of thioether (sulfide) groups is 1. The molecule has 0 spiro atoms. The van der Waals surface area contributed by atoms with E-state index in [1.54, 1.807) is 13.0 Å². The number of aryl methyl sites for hydroxylation is 1. The molecule has 10 rings (SSSR count). The zero-order valence-electron chi connectivity index (χ0n) is 33.4. The molecule has 3 aromatic carbocycles. The van der Waals surface area contributed by atoms with E-state index in [1.807, 2.05) is 29.8 Å². The normalized spacial score (nSPS) is 25.4. The lowest BCUT2D eigenvalue weighted by Gasteiger charge is -2.61. The van der Waals surface area contributed by atoms with Gasteiger partial charge in [-0.05, 0) is 50.6 Å². The number of phenols is 1. The minimum atomic E-state index is -5.01. The van der Waals surface area contributed by atoms with E-state index >= 15 is 0 Å². The number of methoxy groups -OCH3 is 1. The number of hydrogen-bond donors (Lipinski definition) is 2. The lowest BCUT2D eigenvalue weighted by Crippen LogP contribution is -2.69. The number of carbonyl (C=O) groups is 3. The van der Waals surface area contributed by atoms with Crippen LogP contribution in [0.2, 0.25) is 0 Å². The van der Waals surface area contributed by atoms with Gasteiger partial charge in [0.25, 0.3) is 5.91 Å². The molecule has 318 valence electrons. The molecular formula is C42H39F3N6O9S. The molecule has 2 saturated heterocycles. The number of aromatic hydroxyl groups is 1. The number of amides is 1. The summed E-state index contributed by atoms with van der Waals surface area (Å²) in [7, 11) is 3.34. The Morgan fingerprint density at radius 3 is 2.51 bits per heavy atom. The number of rotatable bonds is 5. The summed E-state index contributed by atoms with van der Waals surface area (Å²) < 4.78 is 74.4. The molecule has 61 heavy (non-hydrogen) atoms. The van der Waals surface area contributed by atoms with Gasteiger partial charge in [-0.2, -0.15) is 23.5 Å². The van der Waals surface area contributed by atoms with Crippen molar-refractivity contribution in [1.29, 1.82) is 5.26 Å². The van der Waals surface area contributed by atoms with E-state index in [0.29, 0.717) is 50.4 Å². The summed E-state index contributed by atoms with van der Waals surface area (Å²) in [5.74, 6) is -2.00. The molecule has 4 bridgehead atoms. The highest BCUT2D eigenvalue weighted by Crippen LogP contribution is 2.64. The van der Waals surface area contributed by atoms with Gasteiger partial charge in [-0.3, -0.25) is 19.4 Å². The van der Waals surface area contributed by atoms with Gasteiger partial charge in [-0.25, -0.2) is 9.48 Å². The van der Waals surface area contributed by atoms with Crippen LogP contribution < -0.4 is 24.3 Å². The zero-order valence-corrected chi connectivity index (χ0v) is 34.2. The van der Waals surface area contributed by atoms with E-state index in [2.05, 4.69) is 16.5 Å². The second-order valence-corrected chi connectivity index (χ2v) is 16.7. The van der Waals surface area contributed by atoms with Gasteiger partial charge in [0.1, 0.15) is 24.4 Å². The monoisotopic (exact) mass is 860 g/mol. The van der Waals surface area contributed by atoms with Crippen molar-refractivity contribution in [2.24, 2.45) is 0 Å². The number of piperazine rings is 1. The number of nitriles is 1. The number of alkyl halides is 3. The van der Waals surface area contributed by atoms with Gasteiger partial charge in [0, 0.05) is 47.0 Å². The first-order valence-electron chi connectivity index (χ1n) is 19.4. The van der Waals surface area contributed by atoms with Gasteiger partial charge in [-0.15, -0.1) is 11.8 Å². The molecule has 2 N–H and O–H groups in total. The van der Waals surface area contributed by atoms with Crippen LogP contribution in [0.3, 0.4) is 0 Å². The number of esters is 2. The number of halogens is 3. The largest absolute Gasteiger partial charge is 0.504 e. The predicted molar refractivity (Wildman–Crippen MR) is 210 cm³/mol. The van der Waals surface area contributed by atoms with E-state index in [4.69, 9.17) is 23.7 Å². The molecule has 0 radical (unpaired) electrons. The van der Waals surface area contributed by atoms with E-state index in [-0.39, 0.29) is 35.5 Å². The van der Waals surface area contributed by atoms with E-state index < -0.39 is 83.4 Å². The molecule has 15 nitrogen and oxygen atoms in total. The molecule has 2 fully saturated rings. The molecule has 6 aliphatic heterocycles. The van der Waals surface area contributed by atoms with Crippen molar-refractivity contribution in [3.8, 4) is 40.5 Å². The Morgan fingerprint density at radius 2 is 1.82 bits per heavy atom. The number of hydrogen-bond acceptors (Lipinski definition) is 14. The first-order chi connectivity index (χ1) is 29.2. The summed E-state index contributed by atoms with van der Waals surface area (Å²) >= 11 is 1.16. The van der Waals surface area contributed by atoms with Gasteiger partial charge in [-0.1, -0.05) is 24.3 Å². The average Bonchev–Trinajstić information content (AvgIpc) is 3.90. The topological polar surface area (TPSA) is 178 Å². The highest BCUT2D eigenvalue weighted by molar-refractivity contribution is 7.99. The van der Waals surface area contributed by atoms with Crippen molar-refractivity contribution in [1.82, 2.24) is 24.9 Å². The Morgan fingerprint density at radius 1 is 1.08 bits per heavy atom. The summed E-state index contributed by atoms with van der Waals surface area (Å²) in [5.41, 5.74) is 1.45. The SMILES string of the molecule is COc1c(C)cc2c(c1O)[C@@H]1[C@@H]3[C@@H]4SC[C@H](NC(=O)c5cnn(-c6ccccc6)c5C(F)(F)F)C(=O)OC[C@@H](c5c6c(c(C)c(OC(C)=O)c54)OCO6)N3[C@@H](C#N)[C@H](C2)N1C. The molecule has 0 unspecified atom stereocenters. The fourth-order valence-corrected chi connectivity index (χ4v) is 11.4. The van der Waals surface area contributed by atoms with Crippen LogP contribution in [0.4, 0.5) is 13.2 Å². The average molecular weight is 861 g/mol. The lowest BCUT2D eigenvalue weighted by atomic mass is 9.71. The fourth-order valence-electron chi connectivity index (χ4n) is 9.86. The van der Waals surface area contributed by atoms with Crippen molar-refractivity contribution in [3.05, 3.63) is 87.2 Å². The molecule has 1 amide bonds. The number of ether oxygens (including phenoxy) is 5. The van der Waals surface area contributed by atoms with Crippen molar-refractivity contribution >= 4 is 29.6 Å². The number of phenolic OH excluding ortho intramolecular Hbond substituents is 1. The third-order valence-corrected chi connectivity index (χ3v) is 13.6. The minimum absolute atomic E-state index is 0.0694. The highest BCUT2D eigenvalue weighted by Gasteiger charge is 2.61. The summed E-state index contributed by atoms with van der Waals surface area (Å²) in [6, 6.07) is 6.96. The van der Waals surface area contributed by atoms with Gasteiger partial charge in [0.15, 0.2) is 28.7 Å². The van der Waals surface area contributed by atoms with Gasteiger partial charge < -0.3 is 34.1 Å². The molecule has 6 aliphatic rings. The molecular weight excluding hydrogens is 822 g/mol. The number of benzene rings is 3. The van der Waals surface area contributed by atoms with Crippen LogP contribution in [0.5, 0.6) is 28.7 Å². The number of aromatic nitrogens is 2. The van der Waals surface area contributed by atoms with Crippen LogP contribution >= 0.6 is 11.8 Å². The number of fused-ring (bicyclic) bond motifs is 10. The molecule has 7 heterocycles. The van der Waals surface area contributed by atoms with E-state index in [1.165, 1.54) is 38.3 Å². The van der Waals surface area contributed by atoms with Gasteiger partial charge in [0.2, 0.25) is 6.79 Å². The molecule has 0 aliphatic carbocycles. The number of likely N-dealkylation sites (N-methyl/N-ethyl adjacent to an activating group) is 1. The maximum absolute atomic E-state index is 14.7. The van der Waals surface area contributed by atoms with Crippen LogP contribution in [0, 0.1) is 25.2 Å². The van der Waals surface area contributed by atoms with Crippen LogP contribution in [-0.4, -0.2) is 100 Å². The number of nitrogens with zero attached hydrogens (tertiary/aromatic N) is 5. The Labute approximate surface area is 351 Å². The second-order valence-electron chi connectivity index (χ2n) is 15.6. The quantitative estimate of drug-likeness (QED) is 0.197. The summed E-state index contributed by atoms with van der Waals surface area (Å²) in [6.45, 7) is 4.22. The maximum Gasteiger partial charge on any atom is 0.434 e. The molecule has 1 aromatic heterocycles. The van der Waals surface area contributed by atoms with Crippen LogP contribution in [0.1, 0.15) is 73.7 Å². The number of para-hydroxylation sites is 1. The maximum atomic E-state index is 14.7. The van der Waals surface area contributed by atoms with Crippen LogP contribution in [0.15, 0.2) is 42.6 Å². The first-order valence-corrected chi connectivity index (χ1v) is 20.4. The summed E-state index contributed by atoms with van der Waals surface area (Å²) in [6.07, 6.45) is -3.83. The second kappa shape index (κ2) is 14.9. The predicted octanol–water partition coefficient (Wildman–Crippen LogP) is 5.23. The van der Waals surface area contributed by atoms with Crippen molar-refractivity contribution < 1.29 is 56.3 Å². The molecule has 19 heteroatoms. The highest BCUT2D eigenvalue weighted by atomic mass is 32.2. The first kappa shape index (κ1) is 40.4. The van der Waals surface area contributed by atoms with Crippen LogP contribution in [-0.2, 0) is 26.9 Å². The Balaban J connectivity index is 1.21. The lowest BCUT2D eigenvalue weighted by molar-refractivity contribution is -0.151. The van der Waals surface area contributed by atoms with E-state index in [0.717, 1.165) is 23.5 Å². The van der Waals surface area contributed by atoms with Crippen molar-refractivity contribution in [2.75, 3.05) is 33.3 Å². The summed E-state index contributed by atoms with van der Waals surface area (Å²) in [4.78, 5) is 44.9. The zero-order chi connectivity index (χ0) is 43.2. The van der Waals surface area contributed by atoms with Gasteiger partial charge in [0.05, 0.1) is 48.0 Å². The Kier molecular flexibility index (Phi) is 9.87. The fraction of sp³-hybridized carbons (Fsp3) is 0.405. The third kappa shape index (κ3) is 6.25. The Bertz CT molecular complexity index is 2550. The molecule has 0 saturated carbocycles. The molecule has 4 aromatic rings. The number of nitrogens with one attached hydrogen (secondary N) is 1. The smallest absolute Gasteiger partial charge is 0.434 e. The van der Waals surface area contributed by atoms with Gasteiger partial charge >= 0.3 is 18.1 Å². The van der Waals surface area contributed by atoms with Crippen molar-refractivity contribution in [2.45, 2.75) is 74.9 Å². The van der Waals surface area contributed by atoms with Crippen LogP contribution in [0.25, 0.3) is 5.69 Å². The molecule has 7 atom stereocenters. The number of carbonyl (C=O) groups excluding carboxylic acids is 3. The minimum Gasteiger partial charge on any atom is -0.504 e. The third-order valence-electron chi connectivity index (χ3n) is 12.2.